The molecule has 1 aromatic heterocycles. The van der Waals surface area contributed by atoms with Gasteiger partial charge in [-0.3, -0.25) is 0 Å². The first kappa shape index (κ1) is 27.4. The molecule has 2 aromatic rings. The lowest BCUT2D eigenvalue weighted by Gasteiger charge is -2.16. The third-order valence-corrected chi connectivity index (χ3v) is 6.41. The van der Waals surface area contributed by atoms with Crippen LogP contribution in [0.5, 0.6) is 5.75 Å². The van der Waals surface area contributed by atoms with E-state index in [1.165, 1.54) is 48.3 Å². The van der Waals surface area contributed by atoms with E-state index in [0.29, 0.717) is 22.6 Å². The van der Waals surface area contributed by atoms with Crippen molar-refractivity contribution in [3.8, 4) is 5.75 Å². The van der Waals surface area contributed by atoms with Gasteiger partial charge in [-0.15, -0.1) is 11.3 Å². The first-order valence-corrected chi connectivity index (χ1v) is 13.3. The SMILES string of the molecule is CCCC.CS.Cc1ccc(CCCC2=CCCC2COc2cc(Cl)cc(Cl)c2)s1. The van der Waals surface area contributed by atoms with E-state index in [-0.39, 0.29) is 0 Å². The summed E-state index contributed by atoms with van der Waals surface area (Å²) in [4.78, 5) is 2.89. The van der Waals surface area contributed by atoms with Gasteiger partial charge in [-0.2, -0.15) is 12.6 Å². The number of aryl methyl sites for hydroxylation is 2. The maximum absolute atomic E-state index is 6.03. The Morgan fingerprint density at radius 2 is 1.70 bits per heavy atom. The number of unbranched alkanes of at least 4 members (excludes halogenated alkanes) is 1. The highest BCUT2D eigenvalue weighted by Gasteiger charge is 2.19. The molecule has 0 saturated heterocycles. The van der Waals surface area contributed by atoms with Crippen LogP contribution in [-0.4, -0.2) is 12.9 Å². The molecule has 0 fully saturated rings. The lowest BCUT2D eigenvalue weighted by Crippen LogP contribution is -2.12. The maximum Gasteiger partial charge on any atom is 0.122 e. The Morgan fingerprint density at radius 1 is 1.03 bits per heavy atom. The normalized spacial score (nSPS) is 14.9. The summed E-state index contributed by atoms with van der Waals surface area (Å²) >= 11 is 17.5. The van der Waals surface area contributed by atoms with E-state index >= 15 is 0 Å². The molecule has 1 aliphatic rings. The van der Waals surface area contributed by atoms with Gasteiger partial charge in [0.05, 0.1) is 6.61 Å². The van der Waals surface area contributed by atoms with Crippen LogP contribution >= 0.6 is 47.2 Å². The van der Waals surface area contributed by atoms with Gasteiger partial charge in [-0.25, -0.2) is 0 Å². The van der Waals surface area contributed by atoms with Crippen LogP contribution in [0.15, 0.2) is 42.0 Å². The zero-order chi connectivity index (χ0) is 22.4. The van der Waals surface area contributed by atoms with E-state index in [1.54, 1.807) is 17.9 Å². The van der Waals surface area contributed by atoms with Gasteiger partial charge in [-0.05, 0) is 75.6 Å². The second kappa shape index (κ2) is 16.1. The van der Waals surface area contributed by atoms with Crippen LogP contribution in [0.1, 0.15) is 62.1 Å². The number of hydrogen-bond acceptors (Lipinski definition) is 3. The van der Waals surface area contributed by atoms with E-state index in [2.05, 4.69) is 51.6 Å². The molecule has 168 valence electrons. The summed E-state index contributed by atoms with van der Waals surface area (Å²) in [6.07, 6.45) is 12.6. The molecular formula is C25H36Cl2OS2. The van der Waals surface area contributed by atoms with Crippen LogP contribution in [0.3, 0.4) is 0 Å². The van der Waals surface area contributed by atoms with Gasteiger partial charge in [0.15, 0.2) is 0 Å². The number of halogens is 2. The first-order chi connectivity index (χ1) is 14.5. The third-order valence-electron chi connectivity index (χ3n) is 4.92. The molecule has 1 aromatic carbocycles. The highest BCUT2D eigenvalue weighted by Crippen LogP contribution is 2.32. The summed E-state index contributed by atoms with van der Waals surface area (Å²) in [6.45, 7) is 7.24. The van der Waals surface area contributed by atoms with Gasteiger partial charge in [0.25, 0.3) is 0 Å². The van der Waals surface area contributed by atoms with Crippen molar-refractivity contribution in [2.45, 2.75) is 65.7 Å². The van der Waals surface area contributed by atoms with Crippen molar-refractivity contribution in [3.05, 3.63) is 61.8 Å². The standard InChI is InChI=1S/C20H22Cl2OS.C4H10.CH4S/c1-14-8-9-20(24-14)7-3-5-15-4-2-6-16(15)13-23-19-11-17(21)10-18(22)12-19;1-3-4-2;1-2/h4,8-12,16H,2-3,5-7,13H2,1H3;3-4H2,1-2H3;2H,1H3. The molecule has 1 atom stereocenters. The van der Waals surface area contributed by atoms with Gasteiger partial charge in [0, 0.05) is 25.7 Å². The average Bonchev–Trinajstić information content (AvgIpc) is 3.36. The summed E-state index contributed by atoms with van der Waals surface area (Å²) < 4.78 is 5.94. The van der Waals surface area contributed by atoms with Crippen LogP contribution in [0, 0.1) is 12.8 Å². The molecule has 0 N–H and O–H groups in total. The van der Waals surface area contributed by atoms with Crippen LogP contribution in [0.2, 0.25) is 10.0 Å². The molecule has 1 nitrogen and oxygen atoms in total. The molecule has 0 radical (unpaired) electrons. The smallest absolute Gasteiger partial charge is 0.122 e. The molecule has 1 heterocycles. The van der Waals surface area contributed by atoms with Crippen LogP contribution in [0.4, 0.5) is 0 Å². The van der Waals surface area contributed by atoms with Crippen molar-refractivity contribution >= 4 is 47.2 Å². The van der Waals surface area contributed by atoms with Gasteiger partial charge < -0.3 is 4.74 Å². The summed E-state index contributed by atoms with van der Waals surface area (Å²) in [5.74, 6) is 1.28. The molecule has 1 unspecified atom stereocenters. The van der Waals surface area contributed by atoms with Crippen LogP contribution in [0.25, 0.3) is 0 Å². The van der Waals surface area contributed by atoms with E-state index in [1.807, 2.05) is 23.5 Å². The average molecular weight is 488 g/mol. The molecular weight excluding hydrogens is 451 g/mol. The third kappa shape index (κ3) is 10.6. The number of thiophene rings is 1. The molecule has 0 saturated carbocycles. The number of rotatable bonds is 8. The quantitative estimate of drug-likeness (QED) is 0.288. The van der Waals surface area contributed by atoms with Crippen molar-refractivity contribution in [2.75, 3.05) is 12.9 Å². The monoisotopic (exact) mass is 486 g/mol. The maximum atomic E-state index is 6.03. The Kier molecular flexibility index (Phi) is 14.7. The van der Waals surface area contributed by atoms with Crippen molar-refractivity contribution in [1.29, 1.82) is 0 Å². The highest BCUT2D eigenvalue weighted by atomic mass is 35.5. The number of benzene rings is 1. The van der Waals surface area contributed by atoms with E-state index in [0.717, 1.165) is 12.2 Å². The fourth-order valence-electron chi connectivity index (χ4n) is 3.21. The zero-order valence-corrected chi connectivity index (χ0v) is 21.9. The highest BCUT2D eigenvalue weighted by molar-refractivity contribution is 7.79. The predicted molar refractivity (Wildman–Crippen MR) is 140 cm³/mol. The molecule has 1 aliphatic carbocycles. The second-order valence-corrected chi connectivity index (χ2v) is 9.58. The molecule has 0 aliphatic heterocycles. The molecule has 0 bridgehead atoms. The van der Waals surface area contributed by atoms with Crippen molar-refractivity contribution in [1.82, 2.24) is 0 Å². The lowest BCUT2D eigenvalue weighted by molar-refractivity contribution is 0.266. The molecule has 0 spiro atoms. The Morgan fingerprint density at radius 3 is 2.27 bits per heavy atom. The fourth-order valence-corrected chi connectivity index (χ4v) is 4.65. The summed E-state index contributed by atoms with van der Waals surface area (Å²) in [7, 11) is 0. The van der Waals surface area contributed by atoms with Crippen LogP contribution < -0.4 is 4.74 Å². The minimum Gasteiger partial charge on any atom is -0.493 e. The van der Waals surface area contributed by atoms with Gasteiger partial charge in [-0.1, -0.05) is 61.5 Å². The Hall–Kier alpha value is -0.610. The molecule has 5 heteroatoms. The van der Waals surface area contributed by atoms with Gasteiger partial charge in [0.2, 0.25) is 0 Å². The summed E-state index contributed by atoms with van der Waals surface area (Å²) in [6, 6.07) is 9.84. The lowest BCUT2D eigenvalue weighted by atomic mass is 9.97. The number of hydrogen-bond donors (Lipinski definition) is 1. The summed E-state index contributed by atoms with van der Waals surface area (Å²) in [5.41, 5.74) is 1.55. The minimum absolute atomic E-state index is 0.521. The van der Waals surface area contributed by atoms with Crippen LogP contribution in [-0.2, 0) is 6.42 Å². The minimum atomic E-state index is 0.521. The first-order valence-electron chi connectivity index (χ1n) is 10.8. The number of ether oxygens (including phenoxy) is 1. The molecule has 30 heavy (non-hydrogen) atoms. The predicted octanol–water partition coefficient (Wildman–Crippen LogP) is 9.45. The molecule has 3 rings (SSSR count). The van der Waals surface area contributed by atoms with E-state index < -0.39 is 0 Å². The summed E-state index contributed by atoms with van der Waals surface area (Å²) in [5, 5.41) is 1.23. The second-order valence-electron chi connectivity index (χ2n) is 7.34. The molecule has 0 amide bonds. The number of allylic oxidation sites excluding steroid dienone is 1. The fraction of sp³-hybridized carbons (Fsp3) is 0.520. The van der Waals surface area contributed by atoms with Crippen molar-refractivity contribution in [3.63, 3.8) is 0 Å². The largest absolute Gasteiger partial charge is 0.493 e. The van der Waals surface area contributed by atoms with Gasteiger partial charge in [0.1, 0.15) is 5.75 Å². The Balaban J connectivity index is 0.000000673. The Labute approximate surface area is 203 Å². The van der Waals surface area contributed by atoms with E-state index in [9.17, 15) is 0 Å². The Bertz CT molecular complexity index is 733. The van der Waals surface area contributed by atoms with Crippen molar-refractivity contribution < 1.29 is 4.74 Å². The van der Waals surface area contributed by atoms with Crippen molar-refractivity contribution in [2.24, 2.45) is 5.92 Å². The topological polar surface area (TPSA) is 9.23 Å². The zero-order valence-electron chi connectivity index (χ0n) is 18.7. The number of thiol groups is 1. The van der Waals surface area contributed by atoms with E-state index in [4.69, 9.17) is 27.9 Å². The van der Waals surface area contributed by atoms with Gasteiger partial charge >= 0.3 is 0 Å².